The predicted molar refractivity (Wildman–Crippen MR) is 95.1 cm³/mol. The third-order valence-electron chi connectivity index (χ3n) is 6.63. The van der Waals surface area contributed by atoms with Crippen LogP contribution in [0.2, 0.25) is 0 Å². The summed E-state index contributed by atoms with van der Waals surface area (Å²) >= 11 is 0. The Balaban J connectivity index is 1.32. The number of aromatic nitrogens is 1. The Morgan fingerprint density at radius 3 is 2.25 bits per heavy atom. The van der Waals surface area contributed by atoms with Crippen LogP contribution in [0.15, 0.2) is 18.3 Å². The number of nitrogens with two attached hydrogens (primary N) is 1. The number of carbonyl (C=O) groups is 1. The molecule has 0 radical (unpaired) electrons. The molecule has 130 valence electrons. The van der Waals surface area contributed by atoms with E-state index in [9.17, 15) is 4.79 Å². The molecule has 1 spiro atoms. The van der Waals surface area contributed by atoms with Crippen LogP contribution < -0.4 is 10.6 Å². The standard InChI is InChI=1S/C19H28N4O/c20-18(24)15-4-5-17(21-14-15)23-12-8-19(9-13-23)6-10-22(11-7-19)16-2-1-3-16/h4-5,14,16H,1-3,6-13H2,(H2,20,24). The van der Waals surface area contributed by atoms with E-state index < -0.39 is 5.91 Å². The van der Waals surface area contributed by atoms with Crippen molar-refractivity contribution in [2.24, 2.45) is 11.1 Å². The van der Waals surface area contributed by atoms with Crippen LogP contribution in [0.4, 0.5) is 5.82 Å². The second-order valence-electron chi connectivity index (χ2n) is 7.88. The first-order valence-electron chi connectivity index (χ1n) is 9.40. The molecule has 0 unspecified atom stereocenters. The zero-order chi connectivity index (χ0) is 16.6. The highest BCUT2D eigenvalue weighted by Crippen LogP contribution is 2.43. The summed E-state index contributed by atoms with van der Waals surface area (Å²) in [6.45, 7) is 4.76. The summed E-state index contributed by atoms with van der Waals surface area (Å²) in [5, 5.41) is 0. The van der Waals surface area contributed by atoms with Crippen molar-refractivity contribution in [2.45, 2.75) is 51.0 Å². The maximum atomic E-state index is 11.2. The van der Waals surface area contributed by atoms with Gasteiger partial charge in [-0.15, -0.1) is 0 Å². The van der Waals surface area contributed by atoms with Gasteiger partial charge in [0, 0.05) is 25.3 Å². The Bertz CT molecular complexity index is 578. The van der Waals surface area contributed by atoms with Crippen molar-refractivity contribution in [1.82, 2.24) is 9.88 Å². The Kier molecular flexibility index (Phi) is 4.21. The third kappa shape index (κ3) is 3.02. The van der Waals surface area contributed by atoms with Gasteiger partial charge in [0.25, 0.3) is 0 Å². The molecule has 4 rings (SSSR count). The lowest BCUT2D eigenvalue weighted by Gasteiger charge is -2.50. The van der Waals surface area contributed by atoms with E-state index in [1.54, 1.807) is 12.3 Å². The number of piperidine rings is 2. The number of rotatable bonds is 3. The van der Waals surface area contributed by atoms with Crippen molar-refractivity contribution >= 4 is 11.7 Å². The Hall–Kier alpha value is -1.62. The summed E-state index contributed by atoms with van der Waals surface area (Å²) in [5.74, 6) is 0.562. The van der Waals surface area contributed by atoms with Crippen molar-refractivity contribution in [2.75, 3.05) is 31.1 Å². The summed E-state index contributed by atoms with van der Waals surface area (Å²) in [4.78, 5) is 20.7. The maximum absolute atomic E-state index is 11.2. The van der Waals surface area contributed by atoms with Crippen molar-refractivity contribution in [1.29, 1.82) is 0 Å². The van der Waals surface area contributed by atoms with Crippen LogP contribution in [0, 0.1) is 5.41 Å². The second kappa shape index (κ2) is 6.36. The molecule has 0 bridgehead atoms. The van der Waals surface area contributed by atoms with Gasteiger partial charge in [-0.25, -0.2) is 4.98 Å². The molecule has 2 N–H and O–H groups in total. The molecule has 1 amide bonds. The minimum Gasteiger partial charge on any atom is -0.366 e. The fraction of sp³-hybridized carbons (Fsp3) is 0.684. The molecule has 5 heteroatoms. The van der Waals surface area contributed by atoms with Gasteiger partial charge in [-0.2, -0.15) is 0 Å². The summed E-state index contributed by atoms with van der Waals surface area (Å²) in [5.41, 5.74) is 6.33. The van der Waals surface area contributed by atoms with Crippen LogP contribution in [0.1, 0.15) is 55.3 Å². The van der Waals surface area contributed by atoms with Crippen molar-refractivity contribution in [3.8, 4) is 0 Å². The Morgan fingerprint density at radius 2 is 1.75 bits per heavy atom. The first-order chi connectivity index (χ1) is 11.7. The van der Waals surface area contributed by atoms with Crippen molar-refractivity contribution in [3.05, 3.63) is 23.9 Å². The number of likely N-dealkylation sites (tertiary alicyclic amines) is 1. The van der Waals surface area contributed by atoms with E-state index in [4.69, 9.17) is 5.73 Å². The fourth-order valence-corrected chi connectivity index (χ4v) is 4.54. The average molecular weight is 328 g/mol. The van der Waals surface area contributed by atoms with Gasteiger partial charge in [-0.3, -0.25) is 4.79 Å². The van der Waals surface area contributed by atoms with Crippen LogP contribution in [0.25, 0.3) is 0 Å². The molecule has 24 heavy (non-hydrogen) atoms. The number of anilines is 1. The molecule has 0 atom stereocenters. The quantitative estimate of drug-likeness (QED) is 0.925. The number of amides is 1. The SMILES string of the molecule is NC(=O)c1ccc(N2CCC3(CC2)CCN(C2CCC2)CC3)nc1. The Labute approximate surface area is 144 Å². The summed E-state index contributed by atoms with van der Waals surface area (Å²) in [6.07, 6.45) is 11.1. The number of primary amides is 1. The van der Waals surface area contributed by atoms with E-state index in [1.807, 2.05) is 6.07 Å². The second-order valence-corrected chi connectivity index (χ2v) is 7.88. The third-order valence-corrected chi connectivity index (χ3v) is 6.63. The van der Waals surface area contributed by atoms with E-state index in [2.05, 4.69) is 14.8 Å². The minimum atomic E-state index is -0.412. The lowest BCUT2D eigenvalue weighted by atomic mass is 9.70. The van der Waals surface area contributed by atoms with E-state index in [1.165, 1.54) is 58.0 Å². The van der Waals surface area contributed by atoms with Gasteiger partial charge in [-0.1, -0.05) is 6.42 Å². The van der Waals surface area contributed by atoms with E-state index in [0.29, 0.717) is 11.0 Å². The first-order valence-corrected chi connectivity index (χ1v) is 9.40. The topological polar surface area (TPSA) is 62.5 Å². The summed E-state index contributed by atoms with van der Waals surface area (Å²) < 4.78 is 0. The van der Waals surface area contributed by atoms with Crippen LogP contribution in [-0.2, 0) is 0 Å². The maximum Gasteiger partial charge on any atom is 0.250 e. The lowest BCUT2D eigenvalue weighted by molar-refractivity contribution is 0.0305. The largest absolute Gasteiger partial charge is 0.366 e. The van der Waals surface area contributed by atoms with Crippen molar-refractivity contribution < 1.29 is 4.79 Å². The van der Waals surface area contributed by atoms with E-state index in [-0.39, 0.29) is 0 Å². The van der Waals surface area contributed by atoms with Gasteiger partial charge in [0.2, 0.25) is 5.91 Å². The predicted octanol–water partition coefficient (Wildman–Crippen LogP) is 2.42. The lowest BCUT2D eigenvalue weighted by Crippen LogP contribution is -2.51. The fourth-order valence-electron chi connectivity index (χ4n) is 4.54. The van der Waals surface area contributed by atoms with E-state index in [0.717, 1.165) is 24.9 Å². The molecule has 3 heterocycles. The molecule has 2 saturated heterocycles. The van der Waals surface area contributed by atoms with Crippen LogP contribution in [-0.4, -0.2) is 48.0 Å². The van der Waals surface area contributed by atoms with Gasteiger partial charge in [0.1, 0.15) is 5.82 Å². The van der Waals surface area contributed by atoms with Gasteiger partial charge in [0.05, 0.1) is 5.56 Å². The molecule has 0 aromatic carbocycles. The molecule has 1 aromatic rings. The minimum absolute atomic E-state index is 0.412. The number of hydrogen-bond donors (Lipinski definition) is 1. The molecular formula is C19H28N4O. The first kappa shape index (κ1) is 15.9. The molecule has 1 aromatic heterocycles. The summed E-state index contributed by atoms with van der Waals surface area (Å²) in [7, 11) is 0. The van der Waals surface area contributed by atoms with Crippen molar-refractivity contribution in [3.63, 3.8) is 0 Å². The van der Waals surface area contributed by atoms with Gasteiger partial charge in [0.15, 0.2) is 0 Å². The number of pyridine rings is 1. The highest BCUT2D eigenvalue weighted by Gasteiger charge is 2.39. The van der Waals surface area contributed by atoms with Gasteiger partial charge < -0.3 is 15.5 Å². The molecule has 2 aliphatic heterocycles. The molecule has 1 aliphatic carbocycles. The number of hydrogen-bond acceptors (Lipinski definition) is 4. The molecule has 1 saturated carbocycles. The van der Waals surface area contributed by atoms with Crippen LogP contribution in [0.5, 0.6) is 0 Å². The Morgan fingerprint density at radius 1 is 1.08 bits per heavy atom. The van der Waals surface area contributed by atoms with Crippen LogP contribution in [0.3, 0.4) is 0 Å². The zero-order valence-electron chi connectivity index (χ0n) is 14.4. The smallest absolute Gasteiger partial charge is 0.250 e. The van der Waals surface area contributed by atoms with E-state index >= 15 is 0 Å². The monoisotopic (exact) mass is 328 g/mol. The highest BCUT2D eigenvalue weighted by atomic mass is 16.1. The zero-order valence-corrected chi connectivity index (χ0v) is 14.4. The normalized spacial score (nSPS) is 24.8. The number of nitrogens with zero attached hydrogens (tertiary/aromatic N) is 3. The molecular weight excluding hydrogens is 300 g/mol. The van der Waals surface area contributed by atoms with Gasteiger partial charge >= 0.3 is 0 Å². The number of carbonyl (C=O) groups excluding carboxylic acids is 1. The molecule has 3 fully saturated rings. The highest BCUT2D eigenvalue weighted by molar-refractivity contribution is 5.92. The molecule has 3 aliphatic rings. The van der Waals surface area contributed by atoms with Gasteiger partial charge in [-0.05, 0) is 69.2 Å². The van der Waals surface area contributed by atoms with Crippen LogP contribution >= 0.6 is 0 Å². The average Bonchev–Trinajstić information content (AvgIpc) is 2.56. The molecule has 5 nitrogen and oxygen atoms in total. The summed E-state index contributed by atoms with van der Waals surface area (Å²) in [6, 6.07) is 4.61.